The first-order chi connectivity index (χ1) is 13.1. The second kappa shape index (κ2) is 7.62. The second-order valence-corrected chi connectivity index (χ2v) is 7.87. The maximum Gasteiger partial charge on any atom is 0.222 e. The number of piperidine rings is 2. The van der Waals surface area contributed by atoms with E-state index in [0.717, 1.165) is 62.8 Å². The van der Waals surface area contributed by atoms with Gasteiger partial charge in [0.1, 0.15) is 11.6 Å². The Balaban J connectivity index is 1.44. The van der Waals surface area contributed by atoms with Crippen LogP contribution in [0.3, 0.4) is 0 Å². The predicted octanol–water partition coefficient (Wildman–Crippen LogP) is 2.63. The summed E-state index contributed by atoms with van der Waals surface area (Å²) in [6.07, 6.45) is 8.43. The number of anilines is 1. The first kappa shape index (κ1) is 17.9. The Kier molecular flexibility index (Phi) is 5.05. The van der Waals surface area contributed by atoms with Gasteiger partial charge in [-0.2, -0.15) is 0 Å². The minimum absolute atomic E-state index is 0.176. The van der Waals surface area contributed by atoms with E-state index >= 15 is 0 Å². The largest absolute Gasteiger partial charge is 0.356 e. The Morgan fingerprint density at radius 3 is 2.85 bits per heavy atom. The summed E-state index contributed by atoms with van der Waals surface area (Å²) in [5.74, 6) is 2.10. The fourth-order valence-electron chi connectivity index (χ4n) is 4.46. The molecule has 2 aromatic heterocycles. The highest BCUT2D eigenvalue weighted by Crippen LogP contribution is 2.39. The maximum absolute atomic E-state index is 12.5. The normalized spacial score (nSPS) is 23.1. The summed E-state index contributed by atoms with van der Waals surface area (Å²) in [7, 11) is 0. The highest BCUT2D eigenvalue weighted by molar-refractivity contribution is 5.77. The van der Waals surface area contributed by atoms with Crippen molar-refractivity contribution in [3.8, 4) is 0 Å². The van der Waals surface area contributed by atoms with Crippen LogP contribution in [0.2, 0.25) is 0 Å². The molecule has 2 fully saturated rings. The standard InChI is InChI=1S/C21H27N5O/c1-17-22-12-7-19(24-17)25-13-4-9-21(15-25)10-6-20(27)26(16-21)14-8-18-5-2-3-11-23-18/h2-3,5,7,11-12H,4,6,8-10,13-16H2,1H3. The molecular formula is C21H27N5O. The van der Waals surface area contributed by atoms with E-state index in [4.69, 9.17) is 0 Å². The molecule has 2 aromatic rings. The summed E-state index contributed by atoms with van der Waals surface area (Å²) >= 11 is 0. The van der Waals surface area contributed by atoms with Crippen LogP contribution < -0.4 is 4.90 Å². The fourth-order valence-corrected chi connectivity index (χ4v) is 4.46. The zero-order valence-corrected chi connectivity index (χ0v) is 16.0. The predicted molar refractivity (Wildman–Crippen MR) is 104 cm³/mol. The van der Waals surface area contributed by atoms with Crippen molar-refractivity contribution in [2.75, 3.05) is 31.1 Å². The summed E-state index contributed by atoms with van der Waals surface area (Å²) in [5.41, 5.74) is 1.22. The van der Waals surface area contributed by atoms with Crippen LogP contribution in [0.1, 0.15) is 37.2 Å². The van der Waals surface area contributed by atoms with Gasteiger partial charge in [-0.05, 0) is 44.4 Å². The monoisotopic (exact) mass is 365 g/mol. The van der Waals surface area contributed by atoms with Crippen LogP contribution in [0.5, 0.6) is 0 Å². The van der Waals surface area contributed by atoms with E-state index in [-0.39, 0.29) is 11.3 Å². The molecule has 4 heterocycles. The Morgan fingerprint density at radius 2 is 2.04 bits per heavy atom. The van der Waals surface area contributed by atoms with Crippen molar-refractivity contribution in [2.45, 2.75) is 39.0 Å². The Morgan fingerprint density at radius 1 is 1.11 bits per heavy atom. The van der Waals surface area contributed by atoms with Gasteiger partial charge in [0.15, 0.2) is 0 Å². The smallest absolute Gasteiger partial charge is 0.222 e. The minimum Gasteiger partial charge on any atom is -0.356 e. The average molecular weight is 365 g/mol. The number of hydrogen-bond acceptors (Lipinski definition) is 5. The molecule has 27 heavy (non-hydrogen) atoms. The van der Waals surface area contributed by atoms with Crippen LogP contribution in [0, 0.1) is 12.3 Å². The van der Waals surface area contributed by atoms with Gasteiger partial charge in [0.25, 0.3) is 0 Å². The van der Waals surface area contributed by atoms with Gasteiger partial charge in [-0.25, -0.2) is 9.97 Å². The first-order valence-electron chi connectivity index (χ1n) is 9.86. The first-order valence-corrected chi connectivity index (χ1v) is 9.86. The molecule has 0 aromatic carbocycles. The van der Waals surface area contributed by atoms with Crippen molar-refractivity contribution < 1.29 is 4.79 Å². The Bertz CT molecular complexity index is 796. The SMILES string of the molecule is Cc1nccc(N2CCCC3(CCC(=O)N(CCc4ccccn4)C3)C2)n1. The van der Waals surface area contributed by atoms with E-state index in [1.807, 2.05) is 43.6 Å². The lowest BCUT2D eigenvalue weighted by molar-refractivity contribution is -0.137. The van der Waals surface area contributed by atoms with Crippen LogP contribution in [-0.4, -0.2) is 51.9 Å². The summed E-state index contributed by atoms with van der Waals surface area (Å²) in [4.78, 5) is 30.2. The number of aromatic nitrogens is 3. The van der Waals surface area contributed by atoms with Gasteiger partial charge in [0.2, 0.25) is 5.91 Å². The number of hydrogen-bond donors (Lipinski definition) is 0. The summed E-state index contributed by atoms with van der Waals surface area (Å²) in [6, 6.07) is 7.96. The summed E-state index contributed by atoms with van der Waals surface area (Å²) in [5, 5.41) is 0. The van der Waals surface area contributed by atoms with E-state index in [1.165, 1.54) is 6.42 Å². The zero-order chi connectivity index (χ0) is 18.7. The molecule has 1 unspecified atom stereocenters. The number of amides is 1. The van der Waals surface area contributed by atoms with Gasteiger partial charge in [0, 0.05) is 62.5 Å². The Hall–Kier alpha value is -2.50. The van der Waals surface area contributed by atoms with Gasteiger partial charge in [0.05, 0.1) is 0 Å². The van der Waals surface area contributed by atoms with Crippen molar-refractivity contribution in [3.05, 3.63) is 48.2 Å². The fraction of sp³-hybridized carbons (Fsp3) is 0.524. The lowest BCUT2D eigenvalue weighted by Crippen LogP contribution is -2.54. The number of aryl methyl sites for hydroxylation is 1. The number of pyridine rings is 1. The van der Waals surface area contributed by atoms with Crippen molar-refractivity contribution in [1.82, 2.24) is 19.9 Å². The van der Waals surface area contributed by atoms with Gasteiger partial charge in [-0.3, -0.25) is 9.78 Å². The van der Waals surface area contributed by atoms with E-state index in [0.29, 0.717) is 6.42 Å². The number of nitrogens with zero attached hydrogens (tertiary/aromatic N) is 5. The molecule has 142 valence electrons. The molecule has 0 aliphatic carbocycles. The number of carbonyl (C=O) groups excluding carboxylic acids is 1. The Labute approximate surface area is 160 Å². The minimum atomic E-state index is 0.176. The molecule has 1 spiro atoms. The molecular weight excluding hydrogens is 338 g/mol. The van der Waals surface area contributed by atoms with Crippen molar-refractivity contribution in [3.63, 3.8) is 0 Å². The van der Waals surface area contributed by atoms with Crippen LogP contribution in [0.4, 0.5) is 5.82 Å². The van der Waals surface area contributed by atoms with Crippen molar-refractivity contribution >= 4 is 11.7 Å². The molecule has 0 bridgehead atoms. The van der Waals surface area contributed by atoms with E-state index in [2.05, 4.69) is 24.8 Å². The molecule has 0 saturated carbocycles. The second-order valence-electron chi connectivity index (χ2n) is 7.87. The third kappa shape index (κ3) is 4.10. The number of carbonyl (C=O) groups is 1. The van der Waals surface area contributed by atoms with Gasteiger partial charge < -0.3 is 9.80 Å². The van der Waals surface area contributed by atoms with E-state index in [9.17, 15) is 4.79 Å². The third-order valence-electron chi connectivity index (χ3n) is 5.86. The number of rotatable bonds is 4. The van der Waals surface area contributed by atoms with E-state index in [1.54, 1.807) is 0 Å². The van der Waals surface area contributed by atoms with Crippen LogP contribution >= 0.6 is 0 Å². The van der Waals surface area contributed by atoms with Gasteiger partial charge in [-0.1, -0.05) is 6.07 Å². The van der Waals surface area contributed by atoms with Gasteiger partial charge >= 0.3 is 0 Å². The molecule has 0 radical (unpaired) electrons. The van der Waals surface area contributed by atoms with Crippen molar-refractivity contribution in [1.29, 1.82) is 0 Å². The third-order valence-corrected chi connectivity index (χ3v) is 5.86. The molecule has 0 N–H and O–H groups in total. The lowest BCUT2D eigenvalue weighted by Gasteiger charge is -2.48. The molecule has 2 aliphatic heterocycles. The maximum atomic E-state index is 12.5. The van der Waals surface area contributed by atoms with Crippen LogP contribution in [0.15, 0.2) is 36.7 Å². The molecule has 6 heteroatoms. The zero-order valence-electron chi connectivity index (χ0n) is 16.0. The van der Waals surface area contributed by atoms with Crippen molar-refractivity contribution in [2.24, 2.45) is 5.41 Å². The summed E-state index contributed by atoms with van der Waals surface area (Å²) < 4.78 is 0. The highest BCUT2D eigenvalue weighted by Gasteiger charge is 2.41. The van der Waals surface area contributed by atoms with Crippen LogP contribution in [0.25, 0.3) is 0 Å². The molecule has 4 rings (SSSR count). The van der Waals surface area contributed by atoms with Crippen LogP contribution in [-0.2, 0) is 11.2 Å². The summed E-state index contributed by atoms with van der Waals surface area (Å²) in [6.45, 7) is 5.53. The quantitative estimate of drug-likeness (QED) is 0.833. The highest BCUT2D eigenvalue weighted by atomic mass is 16.2. The molecule has 2 aliphatic rings. The number of likely N-dealkylation sites (tertiary alicyclic amines) is 1. The topological polar surface area (TPSA) is 62.2 Å². The molecule has 2 saturated heterocycles. The average Bonchev–Trinajstić information content (AvgIpc) is 2.70. The van der Waals surface area contributed by atoms with E-state index < -0.39 is 0 Å². The molecule has 6 nitrogen and oxygen atoms in total. The lowest BCUT2D eigenvalue weighted by atomic mass is 9.73. The molecule has 1 atom stereocenters. The molecule has 1 amide bonds. The van der Waals surface area contributed by atoms with Gasteiger partial charge in [-0.15, -0.1) is 0 Å².